The van der Waals surface area contributed by atoms with Crippen LogP contribution in [0, 0.1) is 13.8 Å². The molecule has 4 N–H and O–H groups in total. The van der Waals surface area contributed by atoms with Gasteiger partial charge in [0.1, 0.15) is 0 Å². The predicted molar refractivity (Wildman–Crippen MR) is 116 cm³/mol. The minimum Gasteiger partial charge on any atom is -0.330 e. The Labute approximate surface area is 170 Å². The molecule has 0 aliphatic rings. The summed E-state index contributed by atoms with van der Waals surface area (Å²) in [6, 6.07) is 7.04. The first-order valence-electron chi connectivity index (χ1n) is 9.85. The van der Waals surface area contributed by atoms with Gasteiger partial charge in [0.2, 0.25) is 5.91 Å². The maximum Gasteiger partial charge on any atom is 0.259 e. The summed E-state index contributed by atoms with van der Waals surface area (Å²) < 4.78 is 0. The molecule has 28 heavy (non-hydrogen) atoms. The van der Waals surface area contributed by atoms with Crippen LogP contribution in [-0.4, -0.2) is 23.3 Å². The zero-order valence-electron chi connectivity index (χ0n) is 16.7. The molecule has 0 aliphatic carbocycles. The molecule has 0 fully saturated rings. The van der Waals surface area contributed by atoms with Crippen molar-refractivity contribution in [1.29, 1.82) is 0 Å². The first-order chi connectivity index (χ1) is 13.5. The van der Waals surface area contributed by atoms with Crippen molar-refractivity contribution in [3.05, 3.63) is 40.4 Å². The summed E-state index contributed by atoms with van der Waals surface area (Å²) in [5, 5.41) is 6.26. The molecule has 1 heterocycles. The molecule has 0 unspecified atom stereocenters. The third-order valence-electron chi connectivity index (χ3n) is 4.55. The summed E-state index contributed by atoms with van der Waals surface area (Å²) in [5.74, 6) is -0.340. The minimum atomic E-state index is -0.274. The van der Waals surface area contributed by atoms with Crippen LogP contribution < -0.4 is 16.4 Å². The van der Waals surface area contributed by atoms with Crippen molar-refractivity contribution in [2.45, 2.75) is 58.8 Å². The molecule has 0 saturated heterocycles. The molecular weight excluding hydrogens is 372 g/mol. The van der Waals surface area contributed by atoms with Gasteiger partial charge in [-0.1, -0.05) is 37.8 Å². The lowest BCUT2D eigenvalue weighted by Crippen LogP contribution is -2.18. The predicted octanol–water partition coefficient (Wildman–Crippen LogP) is 4.64. The number of thiazole rings is 1. The van der Waals surface area contributed by atoms with Gasteiger partial charge in [-0.2, -0.15) is 0 Å². The van der Waals surface area contributed by atoms with Crippen LogP contribution in [0.4, 0.5) is 10.8 Å². The highest BCUT2D eigenvalue weighted by atomic mass is 32.1. The van der Waals surface area contributed by atoms with E-state index in [2.05, 4.69) is 15.6 Å². The molecule has 1 aromatic carbocycles. The van der Waals surface area contributed by atoms with E-state index < -0.39 is 0 Å². The number of hydrogen-bond donors (Lipinski definition) is 3. The lowest BCUT2D eigenvalue weighted by atomic mass is 10.1. The average Bonchev–Trinajstić information content (AvgIpc) is 2.98. The van der Waals surface area contributed by atoms with Gasteiger partial charge in [-0.3, -0.25) is 14.9 Å². The van der Waals surface area contributed by atoms with Crippen molar-refractivity contribution < 1.29 is 9.59 Å². The average molecular weight is 403 g/mol. The Hall–Kier alpha value is -2.25. The zero-order valence-corrected chi connectivity index (χ0v) is 17.5. The quantitative estimate of drug-likeness (QED) is 0.477. The highest BCUT2D eigenvalue weighted by Gasteiger charge is 2.15. The number of benzene rings is 1. The van der Waals surface area contributed by atoms with Gasteiger partial charge in [0, 0.05) is 11.3 Å². The van der Waals surface area contributed by atoms with Crippen molar-refractivity contribution in [2.75, 3.05) is 17.2 Å². The van der Waals surface area contributed by atoms with Crippen molar-refractivity contribution in [2.24, 2.45) is 5.73 Å². The fraction of sp³-hybridized carbons (Fsp3) is 0.476. The van der Waals surface area contributed by atoms with E-state index in [9.17, 15) is 9.59 Å². The topological polar surface area (TPSA) is 97.1 Å². The number of nitrogens with one attached hydrogen (secondary N) is 2. The van der Waals surface area contributed by atoms with Crippen LogP contribution in [0.5, 0.6) is 0 Å². The summed E-state index contributed by atoms with van der Waals surface area (Å²) in [6.07, 6.45) is 6.85. The third kappa shape index (κ3) is 7.05. The number of nitrogens with zero attached hydrogens (tertiary/aromatic N) is 1. The normalized spacial score (nSPS) is 10.7. The molecule has 0 atom stereocenters. The summed E-state index contributed by atoms with van der Waals surface area (Å²) in [5.41, 5.74) is 7.35. The molecular formula is C21H30N4O2S. The van der Waals surface area contributed by atoms with Crippen LogP contribution in [0.2, 0.25) is 0 Å². The van der Waals surface area contributed by atoms with Crippen LogP contribution in [0.15, 0.2) is 24.3 Å². The fourth-order valence-corrected chi connectivity index (χ4v) is 3.64. The maximum absolute atomic E-state index is 12.6. The number of nitrogens with two attached hydrogens (primary N) is 1. The monoisotopic (exact) mass is 402 g/mol. The Morgan fingerprint density at radius 3 is 2.36 bits per heavy atom. The summed E-state index contributed by atoms with van der Waals surface area (Å²) >= 11 is 1.44. The highest BCUT2D eigenvalue weighted by Crippen LogP contribution is 2.23. The van der Waals surface area contributed by atoms with Crippen LogP contribution in [-0.2, 0) is 4.79 Å². The van der Waals surface area contributed by atoms with E-state index in [1.165, 1.54) is 11.3 Å². The minimum absolute atomic E-state index is 0.0665. The zero-order chi connectivity index (χ0) is 20.4. The maximum atomic E-state index is 12.6. The lowest BCUT2D eigenvalue weighted by Gasteiger charge is -2.10. The van der Waals surface area contributed by atoms with Crippen molar-refractivity contribution in [3.8, 4) is 0 Å². The second-order valence-electron chi connectivity index (χ2n) is 6.87. The van der Waals surface area contributed by atoms with E-state index in [1.54, 1.807) is 18.2 Å². The SMILES string of the molecule is Cc1nc(NC(=O)c2ccccc2NC(=O)CCCCCCCCN)sc1C. The van der Waals surface area contributed by atoms with E-state index >= 15 is 0 Å². The van der Waals surface area contributed by atoms with Crippen LogP contribution in [0.1, 0.15) is 65.9 Å². The number of para-hydroxylation sites is 1. The Balaban J connectivity index is 1.85. The van der Waals surface area contributed by atoms with E-state index in [0.717, 1.165) is 55.6 Å². The van der Waals surface area contributed by atoms with E-state index in [1.807, 2.05) is 19.9 Å². The number of aryl methyl sites for hydroxylation is 2. The Kier molecular flexibility index (Phi) is 9.10. The summed E-state index contributed by atoms with van der Waals surface area (Å²) in [4.78, 5) is 30.3. The first-order valence-corrected chi connectivity index (χ1v) is 10.7. The van der Waals surface area contributed by atoms with Gasteiger partial charge in [-0.25, -0.2) is 4.98 Å². The number of unbranched alkanes of at least 4 members (excludes halogenated alkanes) is 5. The van der Waals surface area contributed by atoms with Gasteiger partial charge >= 0.3 is 0 Å². The van der Waals surface area contributed by atoms with Gasteiger partial charge in [-0.15, -0.1) is 11.3 Å². The van der Waals surface area contributed by atoms with Gasteiger partial charge in [0.05, 0.1) is 16.9 Å². The van der Waals surface area contributed by atoms with Gasteiger partial charge in [0.25, 0.3) is 5.91 Å². The smallest absolute Gasteiger partial charge is 0.259 e. The van der Waals surface area contributed by atoms with Crippen LogP contribution in [0.3, 0.4) is 0 Å². The standard InChI is InChI=1S/C21H30N4O2S/c1-15-16(2)28-21(23-15)25-20(27)17-11-8-9-12-18(17)24-19(26)13-7-5-3-4-6-10-14-22/h8-9,11-12H,3-7,10,13-14,22H2,1-2H3,(H,24,26)(H,23,25,27). The second-order valence-corrected chi connectivity index (χ2v) is 8.07. The number of rotatable bonds is 11. The Morgan fingerprint density at radius 1 is 1.00 bits per heavy atom. The number of carbonyl (C=O) groups excluding carboxylic acids is 2. The number of aromatic nitrogens is 1. The molecule has 2 rings (SSSR count). The number of carbonyl (C=O) groups is 2. The van der Waals surface area contributed by atoms with Gasteiger partial charge in [-0.05, 0) is 45.4 Å². The molecule has 152 valence electrons. The Bertz CT molecular complexity index is 769. The molecule has 0 spiro atoms. The number of amides is 2. The summed E-state index contributed by atoms with van der Waals surface area (Å²) in [6.45, 7) is 4.63. The van der Waals surface area contributed by atoms with E-state index in [4.69, 9.17) is 5.73 Å². The molecule has 2 aromatic rings. The van der Waals surface area contributed by atoms with Crippen LogP contribution >= 0.6 is 11.3 Å². The molecule has 7 heteroatoms. The summed E-state index contributed by atoms with van der Waals surface area (Å²) in [7, 11) is 0. The largest absolute Gasteiger partial charge is 0.330 e. The van der Waals surface area contributed by atoms with E-state index in [0.29, 0.717) is 22.8 Å². The molecule has 0 aliphatic heterocycles. The molecule has 0 saturated carbocycles. The fourth-order valence-electron chi connectivity index (χ4n) is 2.83. The first kappa shape index (κ1) is 22.0. The van der Waals surface area contributed by atoms with Crippen LogP contribution in [0.25, 0.3) is 0 Å². The van der Waals surface area contributed by atoms with Crippen molar-refractivity contribution in [1.82, 2.24) is 4.98 Å². The van der Waals surface area contributed by atoms with Crippen molar-refractivity contribution in [3.63, 3.8) is 0 Å². The molecule has 0 radical (unpaired) electrons. The van der Waals surface area contributed by atoms with Gasteiger partial charge < -0.3 is 11.1 Å². The molecule has 1 aromatic heterocycles. The third-order valence-corrected chi connectivity index (χ3v) is 5.54. The van der Waals surface area contributed by atoms with E-state index in [-0.39, 0.29) is 11.8 Å². The molecule has 0 bridgehead atoms. The number of hydrogen-bond acceptors (Lipinski definition) is 5. The van der Waals surface area contributed by atoms with Crippen molar-refractivity contribution >= 4 is 34.0 Å². The Morgan fingerprint density at radius 2 is 1.68 bits per heavy atom. The lowest BCUT2D eigenvalue weighted by molar-refractivity contribution is -0.116. The number of anilines is 2. The molecule has 6 nitrogen and oxygen atoms in total. The molecule has 2 amide bonds. The second kappa shape index (κ2) is 11.6. The van der Waals surface area contributed by atoms with Gasteiger partial charge in [0.15, 0.2) is 5.13 Å². The highest BCUT2D eigenvalue weighted by molar-refractivity contribution is 7.15.